The fourth-order valence-electron chi connectivity index (χ4n) is 4.86. The molecule has 0 aliphatic carbocycles. The summed E-state index contributed by atoms with van der Waals surface area (Å²) < 4.78 is 21.9. The zero-order valence-electron chi connectivity index (χ0n) is 19.3. The molecule has 182 valence electrons. The van der Waals surface area contributed by atoms with E-state index in [-0.39, 0.29) is 0 Å². The third-order valence-corrected chi connectivity index (χ3v) is 6.51. The molecule has 5 aromatic carbocycles. The number of hydrogen-bond acceptors (Lipinski definition) is 8. The van der Waals surface area contributed by atoms with Crippen molar-refractivity contribution in [2.75, 3.05) is 0 Å². The number of carbonyl (C=O) groups excluding carboxylic acids is 4. The van der Waals surface area contributed by atoms with Crippen LogP contribution in [0.2, 0.25) is 0 Å². The summed E-state index contributed by atoms with van der Waals surface area (Å²) in [6.45, 7) is 0. The van der Waals surface area contributed by atoms with Gasteiger partial charge in [0.2, 0.25) is 0 Å². The second-order valence-electron chi connectivity index (χ2n) is 8.71. The number of ether oxygens (including phenoxy) is 4. The first-order valence-electron chi connectivity index (χ1n) is 11.6. The Bertz CT molecular complexity index is 1730. The summed E-state index contributed by atoms with van der Waals surface area (Å²) in [6, 6.07) is 23.5. The molecule has 0 unspecified atom stereocenters. The minimum atomic E-state index is -0.698. The van der Waals surface area contributed by atoms with Crippen molar-refractivity contribution in [1.29, 1.82) is 0 Å². The summed E-state index contributed by atoms with van der Waals surface area (Å²) in [4.78, 5) is 48.9. The van der Waals surface area contributed by atoms with Gasteiger partial charge in [0.25, 0.3) is 0 Å². The first kappa shape index (κ1) is 21.8. The molecule has 38 heavy (non-hydrogen) atoms. The number of carbonyl (C=O) groups is 4. The van der Waals surface area contributed by atoms with Gasteiger partial charge in [-0.05, 0) is 48.5 Å². The largest absolute Gasteiger partial charge is 0.457 e. The molecule has 0 saturated carbocycles. The highest BCUT2D eigenvalue weighted by Gasteiger charge is 2.29. The van der Waals surface area contributed by atoms with Crippen LogP contribution in [0.3, 0.4) is 0 Å². The Labute approximate surface area is 213 Å². The summed E-state index contributed by atoms with van der Waals surface area (Å²) in [5.41, 5.74) is 1.18. The van der Waals surface area contributed by atoms with Gasteiger partial charge in [0, 0.05) is 27.6 Å². The lowest BCUT2D eigenvalue weighted by Crippen LogP contribution is -2.19. The quantitative estimate of drug-likeness (QED) is 0.211. The number of esters is 4. The molecule has 8 nitrogen and oxygen atoms in total. The molecule has 0 fully saturated rings. The maximum atomic E-state index is 12.2. The second-order valence-corrected chi connectivity index (χ2v) is 8.71. The van der Waals surface area contributed by atoms with E-state index < -0.39 is 23.9 Å². The van der Waals surface area contributed by atoms with Gasteiger partial charge in [0.05, 0.1) is 22.3 Å². The van der Waals surface area contributed by atoms with E-state index in [4.69, 9.17) is 18.9 Å². The molecule has 0 saturated heterocycles. The molecule has 5 aromatic rings. The van der Waals surface area contributed by atoms with Crippen molar-refractivity contribution in [2.24, 2.45) is 0 Å². The monoisotopic (exact) mass is 502 g/mol. The molecule has 7 rings (SSSR count). The fourth-order valence-corrected chi connectivity index (χ4v) is 4.86. The van der Waals surface area contributed by atoms with E-state index in [0.717, 1.165) is 0 Å². The molecular formula is C30H14O8. The Morgan fingerprint density at radius 2 is 0.842 bits per heavy atom. The summed E-state index contributed by atoms with van der Waals surface area (Å²) in [6.07, 6.45) is 0. The average molecular weight is 502 g/mol. The van der Waals surface area contributed by atoms with Crippen molar-refractivity contribution in [3.8, 4) is 23.0 Å². The van der Waals surface area contributed by atoms with Crippen LogP contribution in [0.25, 0.3) is 21.5 Å². The molecule has 2 heterocycles. The van der Waals surface area contributed by atoms with E-state index >= 15 is 0 Å². The zero-order valence-corrected chi connectivity index (χ0v) is 19.3. The Morgan fingerprint density at radius 1 is 0.447 bits per heavy atom. The van der Waals surface area contributed by atoms with E-state index in [0.29, 0.717) is 66.8 Å². The molecule has 2 aliphatic rings. The highest BCUT2D eigenvalue weighted by Crippen LogP contribution is 2.39. The van der Waals surface area contributed by atoms with Gasteiger partial charge in [-0.15, -0.1) is 0 Å². The summed E-state index contributed by atoms with van der Waals surface area (Å²) in [5.74, 6) is -0.988. The van der Waals surface area contributed by atoms with Gasteiger partial charge in [0.15, 0.2) is 0 Å². The van der Waals surface area contributed by atoms with Crippen LogP contribution in [-0.2, 0) is 9.47 Å². The maximum absolute atomic E-state index is 12.2. The molecule has 0 aromatic heterocycles. The molecule has 0 N–H and O–H groups in total. The molecule has 0 spiro atoms. The highest BCUT2D eigenvalue weighted by atomic mass is 16.6. The zero-order chi connectivity index (χ0) is 26.0. The summed E-state index contributed by atoms with van der Waals surface area (Å²) in [7, 11) is 0. The fraction of sp³-hybridized carbons (Fsp3) is 0. The lowest BCUT2D eigenvalue weighted by molar-refractivity contribution is 0.0373. The number of hydrogen-bond donors (Lipinski definition) is 0. The van der Waals surface area contributed by atoms with Crippen LogP contribution in [0.15, 0.2) is 84.9 Å². The van der Waals surface area contributed by atoms with Crippen molar-refractivity contribution < 1.29 is 38.1 Å². The van der Waals surface area contributed by atoms with Crippen molar-refractivity contribution in [2.45, 2.75) is 0 Å². The second kappa shape index (κ2) is 8.01. The molecule has 2 aliphatic heterocycles. The van der Waals surface area contributed by atoms with Gasteiger partial charge < -0.3 is 18.9 Å². The van der Waals surface area contributed by atoms with Gasteiger partial charge in [-0.1, -0.05) is 30.3 Å². The van der Waals surface area contributed by atoms with E-state index in [2.05, 4.69) is 0 Å². The minimum Gasteiger partial charge on any atom is -0.457 e. The van der Waals surface area contributed by atoms with Gasteiger partial charge in [-0.3, -0.25) is 0 Å². The van der Waals surface area contributed by atoms with E-state index in [1.54, 1.807) is 84.9 Å². The lowest BCUT2D eigenvalue weighted by Gasteiger charge is -2.18. The van der Waals surface area contributed by atoms with Crippen LogP contribution in [0.5, 0.6) is 23.0 Å². The topological polar surface area (TPSA) is 105 Å². The first-order chi connectivity index (χ1) is 18.5. The molecule has 0 bridgehead atoms. The Balaban J connectivity index is 1.25. The van der Waals surface area contributed by atoms with Crippen LogP contribution < -0.4 is 9.47 Å². The standard InChI is InChI=1S/C30H14O8/c31-27-19-8-2-6-17-23(12-10-21(25(17)19)29(33)37-27)35-15-4-1-5-16(14-15)36-24-13-11-22-26-18(24)7-3-9-20(26)28(32)38-30(22)34/h1-14H. The smallest absolute Gasteiger partial charge is 0.346 e. The highest BCUT2D eigenvalue weighted by molar-refractivity contribution is 6.22. The predicted octanol–water partition coefficient (Wildman–Crippen LogP) is 6.20. The minimum absolute atomic E-state index is 0.296. The van der Waals surface area contributed by atoms with E-state index in [1.165, 1.54) is 0 Å². The third kappa shape index (κ3) is 3.24. The number of benzene rings is 5. The normalized spacial score (nSPS) is 13.9. The summed E-state index contributed by atoms with van der Waals surface area (Å²) in [5, 5.41) is 2.15. The molecule has 0 radical (unpaired) electrons. The van der Waals surface area contributed by atoms with Crippen molar-refractivity contribution >= 4 is 45.4 Å². The van der Waals surface area contributed by atoms with E-state index in [1.807, 2.05) is 0 Å². The van der Waals surface area contributed by atoms with Gasteiger partial charge in [-0.2, -0.15) is 0 Å². The molecule has 0 amide bonds. The van der Waals surface area contributed by atoms with Gasteiger partial charge in [-0.25, -0.2) is 19.2 Å². The Hall–Kier alpha value is -5.50. The van der Waals surface area contributed by atoms with Crippen LogP contribution in [0, 0.1) is 0 Å². The Morgan fingerprint density at radius 3 is 1.29 bits per heavy atom. The first-order valence-corrected chi connectivity index (χ1v) is 11.6. The van der Waals surface area contributed by atoms with Crippen LogP contribution in [-0.4, -0.2) is 23.9 Å². The molecule has 0 atom stereocenters. The number of rotatable bonds is 4. The summed E-state index contributed by atoms with van der Waals surface area (Å²) >= 11 is 0. The molecule has 8 heteroatoms. The lowest BCUT2D eigenvalue weighted by atomic mass is 9.96. The average Bonchev–Trinajstić information content (AvgIpc) is 2.91. The maximum Gasteiger partial charge on any atom is 0.346 e. The van der Waals surface area contributed by atoms with Gasteiger partial charge in [0.1, 0.15) is 23.0 Å². The van der Waals surface area contributed by atoms with Crippen molar-refractivity contribution in [3.05, 3.63) is 107 Å². The predicted molar refractivity (Wildman–Crippen MR) is 134 cm³/mol. The van der Waals surface area contributed by atoms with Crippen LogP contribution in [0.4, 0.5) is 0 Å². The van der Waals surface area contributed by atoms with Crippen molar-refractivity contribution in [3.63, 3.8) is 0 Å². The van der Waals surface area contributed by atoms with Gasteiger partial charge >= 0.3 is 23.9 Å². The number of cyclic esters (lactones) is 4. The van der Waals surface area contributed by atoms with Crippen molar-refractivity contribution in [1.82, 2.24) is 0 Å². The Kier molecular flexibility index (Phi) is 4.58. The van der Waals surface area contributed by atoms with E-state index in [9.17, 15) is 19.2 Å². The SMILES string of the molecule is O=C1OC(=O)c2ccc(Oc3cccc(Oc4ccc5c6c(cccc46)C(=O)OC5=O)c3)c3cccc1c23. The van der Waals surface area contributed by atoms with Crippen LogP contribution >= 0.6 is 0 Å². The van der Waals surface area contributed by atoms with Crippen LogP contribution in [0.1, 0.15) is 41.4 Å². The molecular weight excluding hydrogens is 488 g/mol. The third-order valence-electron chi connectivity index (χ3n) is 6.51.